The summed E-state index contributed by atoms with van der Waals surface area (Å²) in [5.74, 6) is 0.392. The SMILES string of the molecule is CC(C)C(=O)N1C[C@H]2CN(C(=O)C3(c4ccccc4)CC3)C[C@@]2(C(=O)N2CCCC2)C1. The maximum atomic E-state index is 13.7. The Morgan fingerprint density at radius 1 is 0.871 bits per heavy atom. The van der Waals surface area contributed by atoms with Crippen molar-refractivity contribution in [3.8, 4) is 0 Å². The van der Waals surface area contributed by atoms with Gasteiger partial charge in [0.1, 0.15) is 0 Å². The first-order valence-corrected chi connectivity index (χ1v) is 11.8. The zero-order valence-electron chi connectivity index (χ0n) is 18.7. The molecule has 31 heavy (non-hydrogen) atoms. The fourth-order valence-electron chi connectivity index (χ4n) is 6.10. The molecule has 0 radical (unpaired) electrons. The minimum atomic E-state index is -0.642. The average Bonchev–Trinajstić information content (AvgIpc) is 3.11. The van der Waals surface area contributed by atoms with E-state index in [9.17, 15) is 14.4 Å². The Balaban J connectivity index is 1.41. The zero-order valence-corrected chi connectivity index (χ0v) is 18.7. The topological polar surface area (TPSA) is 60.9 Å². The van der Waals surface area contributed by atoms with Crippen molar-refractivity contribution in [1.29, 1.82) is 0 Å². The molecular formula is C25H33N3O3. The van der Waals surface area contributed by atoms with Crippen LogP contribution >= 0.6 is 0 Å². The van der Waals surface area contributed by atoms with Gasteiger partial charge in [-0.05, 0) is 31.2 Å². The van der Waals surface area contributed by atoms with Gasteiger partial charge in [0.25, 0.3) is 0 Å². The van der Waals surface area contributed by atoms with Gasteiger partial charge in [-0.15, -0.1) is 0 Å². The summed E-state index contributed by atoms with van der Waals surface area (Å²) in [6.07, 6.45) is 3.84. The van der Waals surface area contributed by atoms with E-state index >= 15 is 0 Å². The summed E-state index contributed by atoms with van der Waals surface area (Å²) in [5.41, 5.74) is 0.0382. The molecule has 1 aliphatic carbocycles. The molecule has 6 heteroatoms. The van der Waals surface area contributed by atoms with Crippen LogP contribution in [0.1, 0.15) is 45.1 Å². The molecule has 4 fully saturated rings. The Kier molecular flexibility index (Phi) is 4.87. The Morgan fingerprint density at radius 2 is 1.48 bits per heavy atom. The standard InChI is InChI=1S/C25H33N3O3/c1-18(2)21(29)27-14-20-15-28(17-25(20,16-27)23(31)26-12-6-7-13-26)22(30)24(10-11-24)19-8-4-3-5-9-19/h3-5,8-9,18,20H,6-7,10-17H2,1-2H3/t20-,25-/m0/s1. The number of hydrogen-bond acceptors (Lipinski definition) is 3. The predicted octanol–water partition coefficient (Wildman–Crippen LogP) is 2.28. The molecule has 6 nitrogen and oxygen atoms in total. The lowest BCUT2D eigenvalue weighted by Crippen LogP contribution is -2.50. The first-order chi connectivity index (χ1) is 14.9. The van der Waals surface area contributed by atoms with E-state index in [1.807, 2.05) is 46.7 Å². The van der Waals surface area contributed by atoms with Gasteiger partial charge >= 0.3 is 0 Å². The van der Waals surface area contributed by atoms with Crippen LogP contribution < -0.4 is 0 Å². The van der Waals surface area contributed by atoms with Crippen LogP contribution in [0.2, 0.25) is 0 Å². The molecule has 3 saturated heterocycles. The largest absolute Gasteiger partial charge is 0.342 e. The van der Waals surface area contributed by atoms with E-state index in [1.54, 1.807) is 0 Å². The van der Waals surface area contributed by atoms with Crippen molar-refractivity contribution in [3.05, 3.63) is 35.9 Å². The summed E-state index contributed by atoms with van der Waals surface area (Å²) in [4.78, 5) is 46.0. The molecule has 0 unspecified atom stereocenters. The van der Waals surface area contributed by atoms with Crippen molar-refractivity contribution in [2.24, 2.45) is 17.3 Å². The normalized spacial score (nSPS) is 28.9. The van der Waals surface area contributed by atoms with E-state index in [2.05, 4.69) is 12.1 Å². The highest BCUT2D eigenvalue weighted by Gasteiger charge is 2.63. The van der Waals surface area contributed by atoms with Crippen LogP contribution in [0.4, 0.5) is 0 Å². The molecule has 1 saturated carbocycles. The van der Waals surface area contributed by atoms with Crippen LogP contribution in [0, 0.1) is 17.3 Å². The number of carbonyl (C=O) groups excluding carboxylic acids is 3. The second-order valence-electron chi connectivity index (χ2n) is 10.4. The first-order valence-electron chi connectivity index (χ1n) is 11.8. The molecular weight excluding hydrogens is 390 g/mol. The highest BCUT2D eigenvalue weighted by Crippen LogP contribution is 2.52. The maximum Gasteiger partial charge on any atom is 0.233 e. The number of nitrogens with zero attached hydrogens (tertiary/aromatic N) is 3. The van der Waals surface area contributed by atoms with Crippen molar-refractivity contribution in [2.75, 3.05) is 39.3 Å². The lowest BCUT2D eigenvalue weighted by atomic mass is 9.79. The Morgan fingerprint density at radius 3 is 2.10 bits per heavy atom. The van der Waals surface area contributed by atoms with E-state index in [4.69, 9.17) is 0 Å². The van der Waals surface area contributed by atoms with E-state index in [-0.39, 0.29) is 29.6 Å². The highest BCUT2D eigenvalue weighted by molar-refractivity contribution is 5.94. The lowest BCUT2D eigenvalue weighted by molar-refractivity contribution is -0.142. The average molecular weight is 424 g/mol. The summed E-state index contributed by atoms with van der Waals surface area (Å²) in [6.45, 7) is 7.48. The zero-order chi connectivity index (χ0) is 21.8. The Bertz CT molecular complexity index is 889. The smallest absolute Gasteiger partial charge is 0.233 e. The Labute approximate surface area is 184 Å². The van der Waals surface area contributed by atoms with E-state index < -0.39 is 10.8 Å². The molecule has 2 atom stereocenters. The van der Waals surface area contributed by atoms with Gasteiger partial charge in [0.05, 0.1) is 10.8 Å². The van der Waals surface area contributed by atoms with Crippen LogP contribution in [-0.4, -0.2) is 71.7 Å². The second kappa shape index (κ2) is 7.35. The van der Waals surface area contributed by atoms with Gasteiger partial charge in [0, 0.05) is 51.1 Å². The number of likely N-dealkylation sites (tertiary alicyclic amines) is 3. The summed E-state index contributed by atoms with van der Waals surface area (Å²) in [7, 11) is 0. The number of benzene rings is 1. The molecule has 3 amide bonds. The van der Waals surface area contributed by atoms with Gasteiger partial charge < -0.3 is 14.7 Å². The number of carbonyl (C=O) groups is 3. The molecule has 0 spiro atoms. The van der Waals surface area contributed by atoms with Gasteiger partial charge in [0.15, 0.2) is 0 Å². The maximum absolute atomic E-state index is 13.7. The minimum Gasteiger partial charge on any atom is -0.342 e. The van der Waals surface area contributed by atoms with E-state index in [0.29, 0.717) is 26.2 Å². The molecule has 0 N–H and O–H groups in total. The summed E-state index contributed by atoms with van der Waals surface area (Å²) in [6, 6.07) is 10.1. The van der Waals surface area contributed by atoms with Crippen LogP contribution in [-0.2, 0) is 19.8 Å². The highest BCUT2D eigenvalue weighted by atomic mass is 16.2. The first kappa shape index (κ1) is 20.5. The monoisotopic (exact) mass is 423 g/mol. The fraction of sp³-hybridized carbons (Fsp3) is 0.640. The molecule has 3 heterocycles. The lowest BCUT2D eigenvalue weighted by Gasteiger charge is -2.33. The number of rotatable bonds is 4. The van der Waals surface area contributed by atoms with Gasteiger partial charge in [-0.3, -0.25) is 14.4 Å². The van der Waals surface area contributed by atoms with Crippen molar-refractivity contribution in [3.63, 3.8) is 0 Å². The van der Waals surface area contributed by atoms with Crippen LogP contribution in [0.3, 0.4) is 0 Å². The van der Waals surface area contributed by atoms with Crippen molar-refractivity contribution < 1.29 is 14.4 Å². The second-order valence-corrected chi connectivity index (χ2v) is 10.4. The van der Waals surface area contributed by atoms with E-state index in [0.717, 1.165) is 44.3 Å². The molecule has 3 aliphatic heterocycles. The molecule has 4 aliphatic rings. The molecule has 166 valence electrons. The van der Waals surface area contributed by atoms with E-state index in [1.165, 1.54) is 0 Å². The summed E-state index contributed by atoms with van der Waals surface area (Å²) in [5, 5.41) is 0. The minimum absolute atomic E-state index is 0.0267. The van der Waals surface area contributed by atoms with Gasteiger partial charge in [0.2, 0.25) is 17.7 Å². The quantitative estimate of drug-likeness (QED) is 0.747. The third-order valence-corrected chi connectivity index (χ3v) is 8.01. The summed E-state index contributed by atoms with van der Waals surface area (Å²) >= 11 is 0. The van der Waals surface area contributed by atoms with Gasteiger partial charge in [-0.25, -0.2) is 0 Å². The van der Waals surface area contributed by atoms with Crippen molar-refractivity contribution >= 4 is 17.7 Å². The molecule has 5 rings (SSSR count). The van der Waals surface area contributed by atoms with Crippen molar-refractivity contribution in [2.45, 2.75) is 44.9 Å². The molecule has 0 bridgehead atoms. The van der Waals surface area contributed by atoms with Crippen molar-refractivity contribution in [1.82, 2.24) is 14.7 Å². The van der Waals surface area contributed by atoms with Crippen LogP contribution in [0.25, 0.3) is 0 Å². The fourth-order valence-corrected chi connectivity index (χ4v) is 6.10. The van der Waals surface area contributed by atoms with Gasteiger partial charge in [-0.2, -0.15) is 0 Å². The third kappa shape index (κ3) is 3.17. The Hall–Kier alpha value is -2.37. The number of amides is 3. The summed E-state index contributed by atoms with van der Waals surface area (Å²) < 4.78 is 0. The van der Waals surface area contributed by atoms with Gasteiger partial charge in [-0.1, -0.05) is 44.2 Å². The van der Waals surface area contributed by atoms with Crippen LogP contribution in [0.5, 0.6) is 0 Å². The molecule has 1 aromatic carbocycles. The van der Waals surface area contributed by atoms with Crippen LogP contribution in [0.15, 0.2) is 30.3 Å². The molecule has 1 aromatic rings. The third-order valence-electron chi connectivity index (χ3n) is 8.01. The predicted molar refractivity (Wildman–Crippen MR) is 117 cm³/mol. The molecule has 0 aromatic heterocycles. The number of fused-ring (bicyclic) bond motifs is 1. The number of hydrogen-bond donors (Lipinski definition) is 0.